The summed E-state index contributed by atoms with van der Waals surface area (Å²) in [7, 11) is 0. The number of fused-ring (bicyclic) bond motifs is 4. The van der Waals surface area contributed by atoms with Gasteiger partial charge < -0.3 is 10.2 Å². The predicted molar refractivity (Wildman–Crippen MR) is 104 cm³/mol. The van der Waals surface area contributed by atoms with E-state index >= 15 is 0 Å². The van der Waals surface area contributed by atoms with E-state index in [4.69, 9.17) is 0 Å². The van der Waals surface area contributed by atoms with Gasteiger partial charge in [-0.05, 0) is 61.2 Å². The molecule has 6 atom stereocenters. The second-order valence-electron chi connectivity index (χ2n) is 11.6. The molecule has 0 aliphatic heterocycles. The van der Waals surface area contributed by atoms with Crippen molar-refractivity contribution in [1.29, 1.82) is 0 Å². The topological polar surface area (TPSA) is 64.5 Å². The fourth-order valence-corrected chi connectivity index (χ4v) is 7.62. The Hall–Kier alpha value is -0.160. The lowest BCUT2D eigenvalue weighted by molar-refractivity contribution is -0.123. The average molecular weight is 365 g/mol. The second kappa shape index (κ2) is 5.25. The second-order valence-corrected chi connectivity index (χ2v) is 11.6. The first kappa shape index (κ1) is 19.2. The zero-order chi connectivity index (χ0) is 19.2. The van der Waals surface area contributed by atoms with Crippen LogP contribution < -0.4 is 10.6 Å². The van der Waals surface area contributed by atoms with Gasteiger partial charge in [0.05, 0.1) is 0 Å². The van der Waals surface area contributed by atoms with Gasteiger partial charge in [-0.1, -0.05) is 41.5 Å². The number of aliphatic hydroxyl groups is 2. The van der Waals surface area contributed by atoms with Crippen molar-refractivity contribution in [3.8, 4) is 0 Å². The van der Waals surface area contributed by atoms with Gasteiger partial charge in [0.25, 0.3) is 0 Å². The van der Waals surface area contributed by atoms with Crippen molar-refractivity contribution in [2.75, 3.05) is 13.1 Å². The van der Waals surface area contributed by atoms with Crippen LogP contribution >= 0.6 is 0 Å². The van der Waals surface area contributed by atoms with Gasteiger partial charge in [-0.2, -0.15) is 0 Å². The van der Waals surface area contributed by atoms with Gasteiger partial charge in [0, 0.05) is 23.9 Å². The quantitative estimate of drug-likeness (QED) is 0.447. The van der Waals surface area contributed by atoms with Crippen LogP contribution in [-0.4, -0.2) is 34.8 Å². The first-order valence-electron chi connectivity index (χ1n) is 10.8. The molecule has 0 spiro atoms. The molecule has 0 aromatic rings. The summed E-state index contributed by atoms with van der Waals surface area (Å²) >= 11 is 0. The maximum absolute atomic E-state index is 11.4. The molecule has 4 aliphatic carbocycles. The molecular weight excluding hydrogens is 324 g/mol. The van der Waals surface area contributed by atoms with Gasteiger partial charge in [-0.25, -0.2) is 0 Å². The minimum atomic E-state index is -0.776. The Morgan fingerprint density at radius 3 is 1.27 bits per heavy atom. The van der Waals surface area contributed by atoms with Gasteiger partial charge in [0.2, 0.25) is 0 Å². The Balaban J connectivity index is 1.37. The highest BCUT2D eigenvalue weighted by atomic mass is 16.3. The van der Waals surface area contributed by atoms with Crippen molar-refractivity contribution >= 4 is 0 Å². The molecule has 0 amide bonds. The Morgan fingerprint density at radius 1 is 0.692 bits per heavy atom. The third-order valence-corrected chi connectivity index (χ3v) is 10.7. The molecular formula is C22H40N2O2. The highest BCUT2D eigenvalue weighted by Crippen LogP contribution is 2.69. The van der Waals surface area contributed by atoms with Crippen LogP contribution in [0.4, 0.5) is 0 Å². The van der Waals surface area contributed by atoms with Crippen LogP contribution in [0.2, 0.25) is 0 Å². The first-order chi connectivity index (χ1) is 11.8. The smallest absolute Gasteiger partial charge is 0.122 e. The summed E-state index contributed by atoms with van der Waals surface area (Å²) in [4.78, 5) is 0. The summed E-state index contributed by atoms with van der Waals surface area (Å²) in [6.07, 6.45) is 6.38. The van der Waals surface area contributed by atoms with E-state index in [0.29, 0.717) is 24.9 Å². The summed E-state index contributed by atoms with van der Waals surface area (Å²) in [6, 6.07) is 0. The number of hydrogen-bond donors (Lipinski definition) is 4. The van der Waals surface area contributed by atoms with Crippen LogP contribution in [0.5, 0.6) is 0 Å². The van der Waals surface area contributed by atoms with Crippen molar-refractivity contribution in [3.63, 3.8) is 0 Å². The molecule has 0 unspecified atom stereocenters. The Bertz CT molecular complexity index is 553. The van der Waals surface area contributed by atoms with E-state index in [-0.39, 0.29) is 21.7 Å². The van der Waals surface area contributed by atoms with Crippen molar-refractivity contribution < 1.29 is 10.2 Å². The molecule has 26 heavy (non-hydrogen) atoms. The van der Waals surface area contributed by atoms with Gasteiger partial charge in [-0.15, -0.1) is 0 Å². The summed E-state index contributed by atoms with van der Waals surface area (Å²) in [5.41, 5.74) is -1.32. The van der Waals surface area contributed by atoms with E-state index in [1.165, 1.54) is 12.8 Å². The highest BCUT2D eigenvalue weighted by molar-refractivity contribution is 5.18. The molecule has 4 aliphatic rings. The molecule has 4 N–H and O–H groups in total. The number of nitrogens with one attached hydrogen (secondary N) is 2. The van der Waals surface area contributed by atoms with Crippen molar-refractivity contribution in [2.24, 2.45) is 33.5 Å². The molecule has 0 aromatic carbocycles. The average Bonchev–Trinajstić information content (AvgIpc) is 3.02. The Kier molecular flexibility index (Phi) is 3.87. The van der Waals surface area contributed by atoms with Gasteiger partial charge in [0.15, 0.2) is 0 Å². The fourth-order valence-electron chi connectivity index (χ4n) is 7.62. The zero-order valence-corrected chi connectivity index (χ0v) is 17.7. The molecule has 0 radical (unpaired) electrons. The molecule has 0 aromatic heterocycles. The van der Waals surface area contributed by atoms with Crippen LogP contribution in [0.25, 0.3) is 0 Å². The third-order valence-electron chi connectivity index (χ3n) is 10.7. The minimum Gasteiger partial charge on any atom is -0.375 e. The zero-order valence-electron chi connectivity index (χ0n) is 17.7. The lowest BCUT2D eigenvalue weighted by Crippen LogP contribution is -2.61. The van der Waals surface area contributed by atoms with Gasteiger partial charge >= 0.3 is 0 Å². The van der Waals surface area contributed by atoms with Gasteiger partial charge in [0.1, 0.15) is 11.4 Å². The predicted octanol–water partition coefficient (Wildman–Crippen LogP) is 3.24. The Morgan fingerprint density at radius 2 is 1.04 bits per heavy atom. The highest BCUT2D eigenvalue weighted by Gasteiger charge is 2.69. The summed E-state index contributed by atoms with van der Waals surface area (Å²) in [5, 5.41) is 29.7. The van der Waals surface area contributed by atoms with E-state index in [1.807, 2.05) is 0 Å². The maximum atomic E-state index is 11.4. The monoisotopic (exact) mass is 364 g/mol. The minimum absolute atomic E-state index is 0.0675. The molecule has 4 fully saturated rings. The Labute approximate surface area is 159 Å². The summed E-state index contributed by atoms with van der Waals surface area (Å²) < 4.78 is 0. The van der Waals surface area contributed by atoms with Crippen LogP contribution in [-0.2, 0) is 0 Å². The number of hydrogen-bond acceptors (Lipinski definition) is 4. The van der Waals surface area contributed by atoms with Crippen molar-refractivity contribution in [1.82, 2.24) is 10.6 Å². The molecule has 4 heteroatoms. The van der Waals surface area contributed by atoms with Crippen LogP contribution in [0.1, 0.15) is 80.1 Å². The van der Waals surface area contributed by atoms with Crippen LogP contribution in [0.15, 0.2) is 0 Å². The molecule has 0 saturated heterocycles. The largest absolute Gasteiger partial charge is 0.375 e. The SMILES string of the molecule is CC1(C)[C@@H]2CC[C@@]1(C)[C@@](O)(NCCN[C@@]1(O)C[C@H]3CC[C@]1(C)C3(C)C)C2. The van der Waals surface area contributed by atoms with Crippen LogP contribution in [0.3, 0.4) is 0 Å². The lowest BCUT2D eigenvalue weighted by atomic mass is 9.67. The van der Waals surface area contributed by atoms with Gasteiger partial charge in [-0.3, -0.25) is 10.6 Å². The standard InChI is InChI=1S/C22H40N2O2/c1-17(2)15-7-9-19(17,5)21(25,13-15)23-11-12-24-22(26)14-16-8-10-20(22,6)18(16,3)4/h15-16,23-26H,7-14H2,1-6H3/t15-,16-,19-,20-,21-,22-/m1/s1. The van der Waals surface area contributed by atoms with E-state index < -0.39 is 11.4 Å². The molecule has 0 heterocycles. The van der Waals surface area contributed by atoms with E-state index in [2.05, 4.69) is 52.2 Å². The molecule has 4 saturated carbocycles. The lowest BCUT2D eigenvalue weighted by Gasteiger charge is -2.47. The molecule has 4 rings (SSSR count). The first-order valence-corrected chi connectivity index (χ1v) is 10.8. The molecule has 4 nitrogen and oxygen atoms in total. The molecule has 150 valence electrons. The normalized spacial score (nSPS) is 53.5. The van der Waals surface area contributed by atoms with E-state index in [9.17, 15) is 10.2 Å². The maximum Gasteiger partial charge on any atom is 0.122 e. The number of rotatable bonds is 5. The summed E-state index contributed by atoms with van der Waals surface area (Å²) in [6.45, 7) is 15.2. The van der Waals surface area contributed by atoms with E-state index in [1.54, 1.807) is 0 Å². The van der Waals surface area contributed by atoms with E-state index in [0.717, 1.165) is 25.7 Å². The van der Waals surface area contributed by atoms with Crippen molar-refractivity contribution in [2.45, 2.75) is 91.5 Å². The van der Waals surface area contributed by atoms with Crippen LogP contribution in [0, 0.1) is 33.5 Å². The van der Waals surface area contributed by atoms with Crippen molar-refractivity contribution in [3.05, 3.63) is 0 Å². The third kappa shape index (κ3) is 2.00. The fraction of sp³-hybridized carbons (Fsp3) is 1.00. The summed E-state index contributed by atoms with van der Waals surface area (Å²) in [5.74, 6) is 1.21. The molecule has 4 bridgehead atoms.